The number of hydrogen-bond acceptors (Lipinski definition) is 7. The predicted octanol–water partition coefficient (Wildman–Crippen LogP) is 4.72. The third-order valence-electron chi connectivity index (χ3n) is 6.45. The van der Waals surface area contributed by atoms with Gasteiger partial charge in [-0.1, -0.05) is 61.6 Å². The predicted molar refractivity (Wildman–Crippen MR) is 154 cm³/mol. The van der Waals surface area contributed by atoms with Crippen LogP contribution in [0.15, 0.2) is 66.9 Å². The van der Waals surface area contributed by atoms with Crippen LogP contribution in [0.4, 0.5) is 10.9 Å². The maximum Gasteiger partial charge on any atom is 0.255 e. The molecule has 1 atom stereocenters. The third kappa shape index (κ3) is 5.62. The molecular weight excluding hydrogens is 512 g/mol. The van der Waals surface area contributed by atoms with Gasteiger partial charge in [-0.05, 0) is 42.2 Å². The number of nitrogens with one attached hydrogen (secondary N) is 2. The molecule has 0 aliphatic heterocycles. The average molecular weight is 543 g/mol. The molecule has 0 bridgehead atoms. The van der Waals surface area contributed by atoms with Crippen LogP contribution in [0.5, 0.6) is 0 Å². The highest BCUT2D eigenvalue weighted by molar-refractivity contribution is 7.22. The molecule has 5 aromatic rings. The number of rotatable bonds is 9. The van der Waals surface area contributed by atoms with Gasteiger partial charge >= 0.3 is 0 Å². The van der Waals surface area contributed by atoms with E-state index in [1.165, 1.54) is 11.3 Å². The standard InChI is InChI=1S/C29H30N6O3S/c1-17(2)13-20(16-36)27(37)34-26-24(19-7-4-3-5-8-19)33-25-21(9-6-12-35(25)26)28(38)31-15-18-10-11-22-23(14-18)39-29(30)32-22/h3-12,14,17,20,36H,13,15-16H2,1-2H3,(H2,30,32)(H,31,38)(H,34,37). The Kier molecular flexibility index (Phi) is 7.58. The van der Waals surface area contributed by atoms with Crippen molar-refractivity contribution in [1.29, 1.82) is 0 Å². The minimum atomic E-state index is -0.558. The highest BCUT2D eigenvalue weighted by Crippen LogP contribution is 2.31. The summed E-state index contributed by atoms with van der Waals surface area (Å²) in [6.45, 7) is 4.08. The first-order valence-electron chi connectivity index (χ1n) is 12.8. The van der Waals surface area contributed by atoms with Crippen LogP contribution in [-0.4, -0.2) is 37.9 Å². The first kappa shape index (κ1) is 26.3. The Labute approximate surface area is 229 Å². The van der Waals surface area contributed by atoms with Crippen molar-refractivity contribution < 1.29 is 14.7 Å². The average Bonchev–Trinajstić information content (AvgIpc) is 3.49. The molecule has 0 spiro atoms. The van der Waals surface area contributed by atoms with Gasteiger partial charge in [0.2, 0.25) is 5.91 Å². The largest absolute Gasteiger partial charge is 0.396 e. The Bertz CT molecular complexity index is 1640. The van der Waals surface area contributed by atoms with Crippen molar-refractivity contribution >= 4 is 50.0 Å². The van der Waals surface area contributed by atoms with E-state index >= 15 is 0 Å². The van der Waals surface area contributed by atoms with Gasteiger partial charge in [0.05, 0.1) is 28.3 Å². The van der Waals surface area contributed by atoms with Crippen molar-refractivity contribution in [2.75, 3.05) is 17.7 Å². The number of carbonyl (C=O) groups is 2. The molecule has 200 valence electrons. The Morgan fingerprint density at radius 1 is 1.08 bits per heavy atom. The van der Waals surface area contributed by atoms with E-state index in [1.807, 2.05) is 62.4 Å². The summed E-state index contributed by atoms with van der Waals surface area (Å²) < 4.78 is 2.67. The van der Waals surface area contributed by atoms with Crippen LogP contribution in [-0.2, 0) is 11.3 Å². The van der Waals surface area contributed by atoms with E-state index in [-0.39, 0.29) is 24.3 Å². The van der Waals surface area contributed by atoms with E-state index in [0.29, 0.717) is 40.8 Å². The summed E-state index contributed by atoms with van der Waals surface area (Å²) in [5.41, 5.74) is 9.69. The van der Waals surface area contributed by atoms with Crippen molar-refractivity contribution in [3.63, 3.8) is 0 Å². The number of nitrogens with two attached hydrogens (primary N) is 1. The molecule has 0 saturated heterocycles. The summed E-state index contributed by atoms with van der Waals surface area (Å²) in [6.07, 6.45) is 2.31. The molecule has 1 unspecified atom stereocenters. The number of aliphatic hydroxyl groups excluding tert-OH is 1. The lowest BCUT2D eigenvalue weighted by molar-refractivity contribution is -0.121. The van der Waals surface area contributed by atoms with Gasteiger partial charge in [0.25, 0.3) is 5.91 Å². The number of aliphatic hydroxyl groups is 1. The van der Waals surface area contributed by atoms with Crippen LogP contribution in [0.3, 0.4) is 0 Å². The highest BCUT2D eigenvalue weighted by atomic mass is 32.1. The Balaban J connectivity index is 1.47. The topological polar surface area (TPSA) is 135 Å². The molecule has 2 aromatic carbocycles. The number of thiazole rings is 1. The molecule has 0 fully saturated rings. The zero-order chi connectivity index (χ0) is 27.5. The summed E-state index contributed by atoms with van der Waals surface area (Å²) >= 11 is 1.40. The first-order chi connectivity index (χ1) is 18.8. The highest BCUT2D eigenvalue weighted by Gasteiger charge is 2.24. The number of pyridine rings is 1. The Morgan fingerprint density at radius 2 is 1.87 bits per heavy atom. The summed E-state index contributed by atoms with van der Waals surface area (Å²) in [4.78, 5) is 35.6. The van der Waals surface area contributed by atoms with Gasteiger partial charge in [-0.2, -0.15) is 0 Å². The zero-order valence-electron chi connectivity index (χ0n) is 21.7. The molecule has 0 radical (unpaired) electrons. The number of nitrogens with zero attached hydrogens (tertiary/aromatic N) is 3. The van der Waals surface area contributed by atoms with Gasteiger partial charge in [-0.3, -0.25) is 14.0 Å². The lowest BCUT2D eigenvalue weighted by Crippen LogP contribution is -2.28. The van der Waals surface area contributed by atoms with E-state index in [2.05, 4.69) is 15.6 Å². The fourth-order valence-electron chi connectivity index (χ4n) is 4.59. The third-order valence-corrected chi connectivity index (χ3v) is 7.30. The molecule has 10 heteroatoms. The van der Waals surface area contributed by atoms with Gasteiger partial charge in [0, 0.05) is 18.3 Å². The first-order valence-corrected chi connectivity index (χ1v) is 13.6. The van der Waals surface area contributed by atoms with Crippen molar-refractivity contribution in [2.24, 2.45) is 11.8 Å². The SMILES string of the molecule is CC(C)CC(CO)C(=O)Nc1c(-c2ccccc2)nc2c(C(=O)NCc3ccc4nc(N)sc4c3)cccn12. The van der Waals surface area contributed by atoms with E-state index in [4.69, 9.17) is 10.7 Å². The van der Waals surface area contributed by atoms with Crippen LogP contribution in [0.25, 0.3) is 27.1 Å². The van der Waals surface area contributed by atoms with E-state index in [9.17, 15) is 14.7 Å². The second kappa shape index (κ2) is 11.2. The number of imidazole rings is 1. The molecule has 5 N–H and O–H groups in total. The van der Waals surface area contributed by atoms with Crippen LogP contribution >= 0.6 is 11.3 Å². The molecule has 3 heterocycles. The fraction of sp³-hybridized carbons (Fsp3) is 0.241. The minimum absolute atomic E-state index is 0.244. The second-order valence-electron chi connectivity index (χ2n) is 9.83. The lowest BCUT2D eigenvalue weighted by atomic mass is 9.97. The Hall–Kier alpha value is -4.28. The number of amides is 2. The van der Waals surface area contributed by atoms with Crippen LogP contribution < -0.4 is 16.4 Å². The summed E-state index contributed by atoms with van der Waals surface area (Å²) in [6, 6.07) is 18.7. The number of aromatic nitrogens is 3. The fourth-order valence-corrected chi connectivity index (χ4v) is 5.39. The molecule has 2 amide bonds. The van der Waals surface area contributed by atoms with E-state index < -0.39 is 5.92 Å². The van der Waals surface area contributed by atoms with Crippen molar-refractivity contribution in [3.8, 4) is 11.3 Å². The van der Waals surface area contributed by atoms with E-state index in [0.717, 1.165) is 21.3 Å². The van der Waals surface area contributed by atoms with Crippen LogP contribution in [0.2, 0.25) is 0 Å². The van der Waals surface area contributed by atoms with Crippen molar-refractivity contribution in [3.05, 3.63) is 78.0 Å². The van der Waals surface area contributed by atoms with Gasteiger partial charge in [0.15, 0.2) is 10.8 Å². The molecule has 0 aliphatic rings. The minimum Gasteiger partial charge on any atom is -0.396 e. The van der Waals surface area contributed by atoms with Crippen LogP contribution in [0, 0.1) is 11.8 Å². The smallest absolute Gasteiger partial charge is 0.255 e. The maximum absolute atomic E-state index is 13.3. The van der Waals surface area contributed by atoms with E-state index in [1.54, 1.807) is 22.7 Å². The molecule has 0 saturated carbocycles. The molecule has 9 nitrogen and oxygen atoms in total. The lowest BCUT2D eigenvalue weighted by Gasteiger charge is -2.17. The Morgan fingerprint density at radius 3 is 2.62 bits per heavy atom. The number of nitrogen functional groups attached to an aromatic ring is 1. The number of carbonyl (C=O) groups excluding carboxylic acids is 2. The quantitative estimate of drug-likeness (QED) is 0.213. The van der Waals surface area contributed by atoms with Gasteiger partial charge < -0.3 is 21.5 Å². The molecule has 39 heavy (non-hydrogen) atoms. The van der Waals surface area contributed by atoms with Gasteiger partial charge in [0.1, 0.15) is 11.5 Å². The summed E-state index contributed by atoms with van der Waals surface area (Å²) in [5, 5.41) is 16.3. The number of anilines is 2. The zero-order valence-corrected chi connectivity index (χ0v) is 22.5. The monoisotopic (exact) mass is 542 g/mol. The molecular formula is C29H30N6O3S. The van der Waals surface area contributed by atoms with Gasteiger partial charge in [-0.15, -0.1) is 0 Å². The summed E-state index contributed by atoms with van der Waals surface area (Å²) in [7, 11) is 0. The molecule has 3 aromatic heterocycles. The number of fused-ring (bicyclic) bond motifs is 2. The van der Waals surface area contributed by atoms with Crippen molar-refractivity contribution in [1.82, 2.24) is 19.7 Å². The summed E-state index contributed by atoms with van der Waals surface area (Å²) in [5.74, 6) is -0.449. The molecule has 5 rings (SSSR count). The maximum atomic E-state index is 13.3. The van der Waals surface area contributed by atoms with Crippen LogP contribution in [0.1, 0.15) is 36.2 Å². The van der Waals surface area contributed by atoms with Crippen molar-refractivity contribution in [2.45, 2.75) is 26.8 Å². The molecule has 0 aliphatic carbocycles. The van der Waals surface area contributed by atoms with Gasteiger partial charge in [-0.25, -0.2) is 9.97 Å². The number of hydrogen-bond donors (Lipinski definition) is 4. The number of benzene rings is 2. The normalized spacial score (nSPS) is 12.2. The second-order valence-corrected chi connectivity index (χ2v) is 10.9.